The van der Waals surface area contributed by atoms with E-state index in [0.717, 1.165) is 5.56 Å². The smallest absolute Gasteiger partial charge is 0.251 e. The van der Waals surface area contributed by atoms with Crippen LogP contribution in [0.1, 0.15) is 42.7 Å². The summed E-state index contributed by atoms with van der Waals surface area (Å²) in [5.41, 5.74) is 1.41. The summed E-state index contributed by atoms with van der Waals surface area (Å²) >= 11 is 0. The van der Waals surface area contributed by atoms with Crippen LogP contribution in [-0.4, -0.2) is 31.6 Å². The van der Waals surface area contributed by atoms with Gasteiger partial charge in [0, 0.05) is 5.56 Å². The Balaban J connectivity index is 1.93. The fourth-order valence-electron chi connectivity index (χ4n) is 2.57. The summed E-state index contributed by atoms with van der Waals surface area (Å²) in [7, 11) is 0. The van der Waals surface area contributed by atoms with Gasteiger partial charge < -0.3 is 20.1 Å². The van der Waals surface area contributed by atoms with Crippen LogP contribution in [0.15, 0.2) is 48.5 Å². The van der Waals surface area contributed by atoms with Crippen LogP contribution < -0.4 is 20.1 Å². The monoisotopic (exact) mass is 370 g/mol. The molecular weight excluding hydrogens is 344 g/mol. The zero-order valence-corrected chi connectivity index (χ0v) is 16.0. The zero-order valence-electron chi connectivity index (χ0n) is 16.0. The molecule has 0 spiro atoms. The molecule has 2 N–H and O–H groups in total. The van der Waals surface area contributed by atoms with Crippen molar-refractivity contribution in [3.63, 3.8) is 0 Å². The Kier molecular flexibility index (Phi) is 7.67. The summed E-state index contributed by atoms with van der Waals surface area (Å²) in [6.07, 6.45) is 0. The quantitative estimate of drug-likeness (QED) is 0.711. The molecular formula is C21H26N2O4. The predicted octanol–water partition coefficient (Wildman–Crippen LogP) is 3.09. The van der Waals surface area contributed by atoms with E-state index in [2.05, 4.69) is 10.6 Å². The Labute approximate surface area is 159 Å². The highest BCUT2D eigenvalue weighted by atomic mass is 16.5. The van der Waals surface area contributed by atoms with E-state index in [-0.39, 0.29) is 24.4 Å². The van der Waals surface area contributed by atoms with Crippen molar-refractivity contribution in [1.29, 1.82) is 0 Å². The summed E-state index contributed by atoms with van der Waals surface area (Å²) < 4.78 is 11.2. The van der Waals surface area contributed by atoms with Crippen LogP contribution in [0, 0.1) is 0 Å². The molecule has 0 saturated heterocycles. The Hall–Kier alpha value is -3.02. The van der Waals surface area contributed by atoms with Gasteiger partial charge in [0.2, 0.25) is 5.91 Å². The van der Waals surface area contributed by atoms with Crippen molar-refractivity contribution in [3.05, 3.63) is 59.7 Å². The Morgan fingerprint density at radius 1 is 0.963 bits per heavy atom. The van der Waals surface area contributed by atoms with Gasteiger partial charge in [0.25, 0.3) is 5.91 Å². The van der Waals surface area contributed by atoms with Crippen molar-refractivity contribution in [1.82, 2.24) is 10.6 Å². The molecule has 144 valence electrons. The van der Waals surface area contributed by atoms with E-state index in [0.29, 0.717) is 30.3 Å². The number of ether oxygens (including phenoxy) is 2. The van der Waals surface area contributed by atoms with Gasteiger partial charge in [-0.2, -0.15) is 0 Å². The van der Waals surface area contributed by atoms with Gasteiger partial charge in [-0.3, -0.25) is 9.59 Å². The Morgan fingerprint density at radius 3 is 2.30 bits per heavy atom. The first kappa shape index (κ1) is 20.3. The van der Waals surface area contributed by atoms with Gasteiger partial charge in [-0.1, -0.05) is 24.3 Å². The lowest BCUT2D eigenvalue weighted by atomic mass is 10.1. The van der Waals surface area contributed by atoms with Crippen molar-refractivity contribution in [2.24, 2.45) is 0 Å². The normalized spacial score (nSPS) is 11.4. The minimum atomic E-state index is -0.280. The molecule has 0 fully saturated rings. The second-order valence-corrected chi connectivity index (χ2v) is 5.91. The molecule has 0 bridgehead atoms. The molecule has 0 unspecified atom stereocenters. The fourth-order valence-corrected chi connectivity index (χ4v) is 2.57. The van der Waals surface area contributed by atoms with Crippen LogP contribution >= 0.6 is 0 Å². The standard InChI is InChI=1S/C21H26N2O4/c1-4-26-18-12-11-17(13-19(18)27-5-2)15(3)23-20(24)14-22-21(25)16-9-7-6-8-10-16/h6-13,15H,4-5,14H2,1-3H3,(H,22,25)(H,23,24)/t15-/m0/s1. The van der Waals surface area contributed by atoms with Crippen molar-refractivity contribution < 1.29 is 19.1 Å². The Morgan fingerprint density at radius 2 is 1.63 bits per heavy atom. The van der Waals surface area contributed by atoms with Crippen LogP contribution in [0.3, 0.4) is 0 Å². The van der Waals surface area contributed by atoms with Gasteiger partial charge in [-0.25, -0.2) is 0 Å². The topological polar surface area (TPSA) is 76.7 Å². The van der Waals surface area contributed by atoms with Gasteiger partial charge in [-0.05, 0) is 50.6 Å². The molecule has 0 radical (unpaired) electrons. The summed E-state index contributed by atoms with van der Waals surface area (Å²) in [6.45, 7) is 6.68. The maximum atomic E-state index is 12.2. The molecule has 6 heteroatoms. The third-order valence-corrected chi connectivity index (χ3v) is 3.89. The third-order valence-electron chi connectivity index (χ3n) is 3.89. The van der Waals surface area contributed by atoms with Crippen LogP contribution in [-0.2, 0) is 4.79 Å². The highest BCUT2D eigenvalue weighted by Gasteiger charge is 2.14. The van der Waals surface area contributed by atoms with Crippen LogP contribution in [0.2, 0.25) is 0 Å². The molecule has 6 nitrogen and oxygen atoms in total. The van der Waals surface area contributed by atoms with Gasteiger partial charge in [0.05, 0.1) is 25.8 Å². The first-order valence-corrected chi connectivity index (χ1v) is 9.07. The molecule has 2 rings (SSSR count). The molecule has 2 aromatic carbocycles. The lowest BCUT2D eigenvalue weighted by Crippen LogP contribution is -2.38. The van der Waals surface area contributed by atoms with E-state index in [1.54, 1.807) is 24.3 Å². The highest BCUT2D eigenvalue weighted by molar-refractivity contribution is 5.96. The molecule has 1 atom stereocenters. The molecule has 0 aliphatic rings. The van der Waals surface area contributed by atoms with E-state index < -0.39 is 0 Å². The SMILES string of the molecule is CCOc1ccc([C@H](C)NC(=O)CNC(=O)c2ccccc2)cc1OCC. The highest BCUT2D eigenvalue weighted by Crippen LogP contribution is 2.30. The maximum Gasteiger partial charge on any atom is 0.251 e. The number of hydrogen-bond acceptors (Lipinski definition) is 4. The van der Waals surface area contributed by atoms with Crippen molar-refractivity contribution in [2.75, 3.05) is 19.8 Å². The van der Waals surface area contributed by atoms with Crippen LogP contribution in [0.5, 0.6) is 11.5 Å². The Bertz CT molecular complexity index is 762. The number of rotatable bonds is 9. The second kappa shape index (κ2) is 10.2. The number of carbonyl (C=O) groups is 2. The summed E-state index contributed by atoms with van der Waals surface area (Å²) in [6, 6.07) is 14.1. The molecule has 0 aliphatic carbocycles. The number of nitrogens with one attached hydrogen (secondary N) is 2. The average Bonchev–Trinajstić information content (AvgIpc) is 2.68. The molecule has 27 heavy (non-hydrogen) atoms. The average molecular weight is 370 g/mol. The molecule has 2 amide bonds. The summed E-state index contributed by atoms with van der Waals surface area (Å²) in [4.78, 5) is 24.2. The summed E-state index contributed by atoms with van der Waals surface area (Å²) in [5, 5.41) is 5.49. The first-order valence-electron chi connectivity index (χ1n) is 9.07. The maximum absolute atomic E-state index is 12.2. The van der Waals surface area contributed by atoms with Gasteiger partial charge in [0.1, 0.15) is 0 Å². The first-order chi connectivity index (χ1) is 13.0. The molecule has 0 aromatic heterocycles. The lowest BCUT2D eigenvalue weighted by Gasteiger charge is -2.17. The number of benzene rings is 2. The van der Waals surface area contributed by atoms with Crippen molar-refractivity contribution >= 4 is 11.8 Å². The lowest BCUT2D eigenvalue weighted by molar-refractivity contribution is -0.120. The second-order valence-electron chi connectivity index (χ2n) is 5.91. The van der Waals surface area contributed by atoms with Crippen molar-refractivity contribution in [2.45, 2.75) is 26.8 Å². The molecule has 0 saturated carbocycles. The van der Waals surface area contributed by atoms with E-state index in [1.807, 2.05) is 45.0 Å². The zero-order chi connectivity index (χ0) is 19.6. The summed E-state index contributed by atoms with van der Waals surface area (Å²) in [5.74, 6) is 0.781. The third kappa shape index (κ3) is 6.02. The van der Waals surface area contributed by atoms with Gasteiger partial charge >= 0.3 is 0 Å². The van der Waals surface area contributed by atoms with E-state index >= 15 is 0 Å². The van der Waals surface area contributed by atoms with Gasteiger partial charge in [-0.15, -0.1) is 0 Å². The molecule has 2 aromatic rings. The van der Waals surface area contributed by atoms with Crippen LogP contribution in [0.25, 0.3) is 0 Å². The predicted molar refractivity (Wildman–Crippen MR) is 104 cm³/mol. The largest absolute Gasteiger partial charge is 0.490 e. The minimum absolute atomic E-state index is 0.0899. The number of carbonyl (C=O) groups excluding carboxylic acids is 2. The van der Waals surface area contributed by atoms with E-state index in [4.69, 9.17) is 9.47 Å². The minimum Gasteiger partial charge on any atom is -0.490 e. The van der Waals surface area contributed by atoms with E-state index in [9.17, 15) is 9.59 Å². The van der Waals surface area contributed by atoms with Crippen LogP contribution in [0.4, 0.5) is 0 Å². The van der Waals surface area contributed by atoms with Crippen molar-refractivity contribution in [3.8, 4) is 11.5 Å². The number of amides is 2. The fraction of sp³-hybridized carbons (Fsp3) is 0.333. The van der Waals surface area contributed by atoms with E-state index in [1.165, 1.54) is 0 Å². The molecule has 0 aliphatic heterocycles. The molecule has 0 heterocycles. The number of hydrogen-bond donors (Lipinski definition) is 2. The van der Waals surface area contributed by atoms with Gasteiger partial charge in [0.15, 0.2) is 11.5 Å².